The topological polar surface area (TPSA) is 109 Å². The molecule has 2 aromatic heterocycles. The Balaban J connectivity index is 1.35. The zero-order valence-corrected chi connectivity index (χ0v) is 27.3. The number of aryl methyl sites for hydroxylation is 2. The highest BCUT2D eigenvalue weighted by Crippen LogP contribution is 2.40. The Hall–Kier alpha value is -4.71. The summed E-state index contributed by atoms with van der Waals surface area (Å²) in [7, 11) is 0. The van der Waals surface area contributed by atoms with Crippen LogP contribution in [0.3, 0.4) is 0 Å². The Morgan fingerprint density at radius 1 is 1.13 bits per heavy atom. The third kappa shape index (κ3) is 8.51. The van der Waals surface area contributed by atoms with Crippen LogP contribution in [-0.4, -0.2) is 38.3 Å². The van der Waals surface area contributed by atoms with Crippen molar-refractivity contribution in [2.75, 3.05) is 5.32 Å². The second kappa shape index (κ2) is 15.0. The van der Waals surface area contributed by atoms with E-state index < -0.39 is 17.6 Å². The van der Waals surface area contributed by atoms with Gasteiger partial charge in [-0.3, -0.25) is 19.5 Å². The minimum absolute atomic E-state index is 0.0303. The smallest absolute Gasteiger partial charge is 0.258 e. The first kappa shape index (κ1) is 34.2. The van der Waals surface area contributed by atoms with Crippen LogP contribution in [0.5, 0.6) is 0 Å². The molecule has 2 unspecified atom stereocenters. The van der Waals surface area contributed by atoms with Gasteiger partial charge >= 0.3 is 0 Å². The van der Waals surface area contributed by atoms with Crippen LogP contribution in [0, 0.1) is 32.1 Å². The Kier molecular flexibility index (Phi) is 11.2. The highest BCUT2D eigenvalue weighted by Gasteiger charge is 2.51. The standard InChI is InChI=1S/C37H44FN5O3/c1-7-12-28(30-17-20-32(44)43(23-30)24(2)3)14-11-9-8-10-13-25(4)34(40-36(46)37(38)21-22-37)35(45)39-31-18-15-29(16-19-31)33-26(5)41-42-27(33)6/h1,11-12,14-20,23-25,34H,8-10,13,21-22H2,2-6H3,(H,39,45)(H,40,46)(H,41,42)/b14-11-,28-12+. The Bertz CT molecular complexity index is 1680. The first-order valence-corrected chi connectivity index (χ1v) is 15.9. The maximum absolute atomic E-state index is 14.6. The molecule has 3 aromatic rings. The van der Waals surface area contributed by atoms with Gasteiger partial charge in [-0.2, -0.15) is 5.10 Å². The van der Waals surface area contributed by atoms with E-state index in [-0.39, 0.29) is 36.3 Å². The van der Waals surface area contributed by atoms with Crippen LogP contribution in [0.15, 0.2) is 65.6 Å². The van der Waals surface area contributed by atoms with E-state index in [4.69, 9.17) is 6.42 Å². The number of alkyl halides is 1. The van der Waals surface area contributed by atoms with Crippen molar-refractivity contribution in [3.63, 3.8) is 0 Å². The second-order valence-corrected chi connectivity index (χ2v) is 12.5. The summed E-state index contributed by atoms with van der Waals surface area (Å²) in [5.41, 5.74) is 4.19. The summed E-state index contributed by atoms with van der Waals surface area (Å²) in [5.74, 6) is 1.26. The van der Waals surface area contributed by atoms with Gasteiger partial charge in [0.05, 0.1) is 5.69 Å². The fraction of sp³-hybridized carbons (Fsp3) is 0.405. The molecule has 46 heavy (non-hydrogen) atoms. The van der Waals surface area contributed by atoms with E-state index in [1.165, 1.54) is 0 Å². The normalized spacial score (nSPS) is 15.4. The molecule has 0 spiro atoms. The third-order valence-corrected chi connectivity index (χ3v) is 8.45. The number of anilines is 1. The highest BCUT2D eigenvalue weighted by atomic mass is 19.1. The van der Waals surface area contributed by atoms with E-state index in [1.54, 1.807) is 22.8 Å². The summed E-state index contributed by atoms with van der Waals surface area (Å²) < 4.78 is 16.2. The van der Waals surface area contributed by atoms with Gasteiger partial charge in [0.1, 0.15) is 6.04 Å². The molecule has 242 valence electrons. The number of carbonyl (C=O) groups excluding carboxylic acids is 2. The molecule has 1 aliphatic carbocycles. The van der Waals surface area contributed by atoms with Gasteiger partial charge in [-0.05, 0) is 107 Å². The number of benzene rings is 1. The van der Waals surface area contributed by atoms with Crippen molar-refractivity contribution in [1.29, 1.82) is 0 Å². The van der Waals surface area contributed by atoms with Gasteiger partial charge in [0.2, 0.25) is 5.91 Å². The molecule has 0 radical (unpaired) electrons. The molecule has 1 aliphatic rings. The number of halogens is 1. The maximum Gasteiger partial charge on any atom is 0.258 e. The average Bonchev–Trinajstić information content (AvgIpc) is 3.70. The quantitative estimate of drug-likeness (QED) is 0.104. The van der Waals surface area contributed by atoms with Crippen molar-refractivity contribution in [1.82, 2.24) is 20.1 Å². The fourth-order valence-corrected chi connectivity index (χ4v) is 5.49. The number of H-pyrrole nitrogens is 1. The summed E-state index contributed by atoms with van der Waals surface area (Å²) in [4.78, 5) is 38.2. The van der Waals surface area contributed by atoms with Crippen molar-refractivity contribution in [3.05, 3.63) is 88.1 Å². The molecule has 2 atom stereocenters. The molecule has 1 saturated carbocycles. The Morgan fingerprint density at radius 2 is 1.85 bits per heavy atom. The fourth-order valence-electron chi connectivity index (χ4n) is 5.49. The maximum atomic E-state index is 14.6. The number of amides is 2. The Labute approximate surface area is 270 Å². The molecule has 1 fully saturated rings. The molecule has 1 aromatic carbocycles. The molecule has 2 amide bonds. The molecule has 9 heteroatoms. The molecule has 0 aliphatic heterocycles. The van der Waals surface area contributed by atoms with E-state index in [1.807, 2.05) is 77.2 Å². The number of aromatic nitrogens is 3. The number of allylic oxidation sites excluding steroid dienone is 4. The lowest BCUT2D eigenvalue weighted by Crippen LogP contribution is -2.50. The predicted molar refractivity (Wildman–Crippen MR) is 182 cm³/mol. The van der Waals surface area contributed by atoms with Gasteiger partial charge in [-0.15, -0.1) is 6.42 Å². The lowest BCUT2D eigenvalue weighted by atomic mass is 9.93. The van der Waals surface area contributed by atoms with Crippen molar-refractivity contribution < 1.29 is 14.0 Å². The number of rotatable bonds is 14. The number of nitrogens with one attached hydrogen (secondary N) is 3. The zero-order chi connectivity index (χ0) is 33.4. The summed E-state index contributed by atoms with van der Waals surface area (Å²) >= 11 is 0. The van der Waals surface area contributed by atoms with Gasteiger partial charge in [-0.1, -0.05) is 43.5 Å². The van der Waals surface area contributed by atoms with Gasteiger partial charge in [0.25, 0.3) is 11.5 Å². The summed E-state index contributed by atoms with van der Waals surface area (Å²) in [6.45, 7) is 9.70. The first-order valence-electron chi connectivity index (χ1n) is 15.9. The van der Waals surface area contributed by atoms with E-state index in [0.29, 0.717) is 12.1 Å². The number of hydrogen-bond acceptors (Lipinski definition) is 4. The van der Waals surface area contributed by atoms with Crippen molar-refractivity contribution >= 4 is 23.1 Å². The van der Waals surface area contributed by atoms with Crippen molar-refractivity contribution in [2.45, 2.75) is 90.9 Å². The molecule has 8 nitrogen and oxygen atoms in total. The number of hydrogen-bond donors (Lipinski definition) is 3. The second-order valence-electron chi connectivity index (χ2n) is 12.5. The van der Waals surface area contributed by atoms with Gasteiger partial charge in [-0.25, -0.2) is 4.39 Å². The van der Waals surface area contributed by atoms with Crippen LogP contribution < -0.4 is 16.2 Å². The largest absolute Gasteiger partial charge is 0.341 e. The number of pyridine rings is 1. The summed E-state index contributed by atoms with van der Waals surface area (Å²) in [6.07, 6.45) is 16.5. The van der Waals surface area contributed by atoms with Crippen LogP contribution in [0.2, 0.25) is 0 Å². The molecular weight excluding hydrogens is 581 g/mol. The number of terminal acetylenes is 1. The van der Waals surface area contributed by atoms with Crippen molar-refractivity contribution in [3.8, 4) is 23.5 Å². The first-order chi connectivity index (χ1) is 21.9. The van der Waals surface area contributed by atoms with Crippen LogP contribution in [0.1, 0.15) is 82.3 Å². The van der Waals surface area contributed by atoms with E-state index >= 15 is 0 Å². The number of nitrogens with zero attached hydrogens (tertiary/aromatic N) is 2. The molecule has 4 rings (SSSR count). The Morgan fingerprint density at radius 3 is 2.46 bits per heavy atom. The highest BCUT2D eigenvalue weighted by molar-refractivity contribution is 5.99. The molecule has 3 N–H and O–H groups in total. The van der Waals surface area contributed by atoms with Gasteiger partial charge in [0, 0.05) is 35.2 Å². The van der Waals surface area contributed by atoms with Crippen LogP contribution in [0.25, 0.3) is 16.7 Å². The van der Waals surface area contributed by atoms with Gasteiger partial charge < -0.3 is 15.2 Å². The average molecular weight is 626 g/mol. The minimum Gasteiger partial charge on any atom is -0.341 e. The van der Waals surface area contributed by atoms with Crippen LogP contribution >= 0.6 is 0 Å². The SMILES string of the molecule is C#C/C=C(\C=C/CCCCC(C)C(NC(=O)C1(F)CC1)C(=O)Nc1ccc(-c2c(C)n[nH]c2C)cc1)c1ccc(=O)n(C(C)C)c1. The lowest BCUT2D eigenvalue weighted by molar-refractivity contribution is -0.132. The predicted octanol–water partition coefficient (Wildman–Crippen LogP) is 6.83. The van der Waals surface area contributed by atoms with Crippen molar-refractivity contribution in [2.24, 2.45) is 5.92 Å². The van der Waals surface area contributed by atoms with Crippen LogP contribution in [-0.2, 0) is 9.59 Å². The third-order valence-electron chi connectivity index (χ3n) is 8.45. The van der Waals surface area contributed by atoms with E-state index in [0.717, 1.165) is 52.9 Å². The molecular formula is C37H44FN5O3. The van der Waals surface area contributed by atoms with E-state index in [2.05, 4.69) is 26.8 Å². The summed E-state index contributed by atoms with van der Waals surface area (Å²) in [5, 5.41) is 12.8. The molecule has 0 bridgehead atoms. The number of aromatic amines is 1. The number of unbranched alkanes of at least 4 members (excludes halogenated alkanes) is 2. The molecule has 2 heterocycles. The monoisotopic (exact) mass is 625 g/mol. The zero-order valence-electron chi connectivity index (χ0n) is 27.3. The summed E-state index contributed by atoms with van der Waals surface area (Å²) in [6, 6.07) is 9.92. The number of carbonyl (C=O) groups is 2. The van der Waals surface area contributed by atoms with Gasteiger partial charge in [0.15, 0.2) is 5.67 Å². The van der Waals surface area contributed by atoms with Crippen LogP contribution in [0.4, 0.5) is 10.1 Å². The lowest BCUT2D eigenvalue weighted by Gasteiger charge is -2.25. The molecule has 0 saturated heterocycles. The van der Waals surface area contributed by atoms with E-state index in [9.17, 15) is 18.8 Å². The minimum atomic E-state index is -1.88.